The standard InChI is InChI=1S/C9H16N2O6S/c1-5(18(2,16)17)8(13)11-6(9(14)15)3-4-7(10)12/h5-6H,3-4H2,1-2H3,(H2,10,12)(H,11,13)(H,14,15)/t5?,6-/m0/s1. The van der Waals surface area contributed by atoms with Gasteiger partial charge in [0, 0.05) is 12.7 Å². The molecule has 0 bridgehead atoms. The largest absolute Gasteiger partial charge is 0.480 e. The summed E-state index contributed by atoms with van der Waals surface area (Å²) in [6.07, 6.45) is 0.466. The molecule has 104 valence electrons. The average Bonchev–Trinajstić information content (AvgIpc) is 2.20. The highest BCUT2D eigenvalue weighted by Crippen LogP contribution is 2.02. The molecule has 0 rings (SSSR count). The molecule has 0 fully saturated rings. The van der Waals surface area contributed by atoms with Gasteiger partial charge in [0.15, 0.2) is 9.84 Å². The first-order chi connectivity index (χ1) is 8.05. The first-order valence-corrected chi connectivity index (χ1v) is 7.01. The van der Waals surface area contributed by atoms with Crippen LogP contribution in [0.1, 0.15) is 19.8 Å². The molecule has 0 aliphatic rings. The van der Waals surface area contributed by atoms with E-state index in [9.17, 15) is 22.8 Å². The highest BCUT2D eigenvalue weighted by atomic mass is 32.2. The minimum Gasteiger partial charge on any atom is -0.480 e. The Morgan fingerprint density at radius 1 is 1.33 bits per heavy atom. The lowest BCUT2D eigenvalue weighted by molar-refractivity contribution is -0.142. The molecule has 8 nitrogen and oxygen atoms in total. The highest BCUT2D eigenvalue weighted by molar-refractivity contribution is 7.92. The molecule has 2 atom stereocenters. The minimum atomic E-state index is -3.60. The number of primary amides is 1. The predicted octanol–water partition coefficient (Wildman–Crippen LogP) is -1.75. The Hall–Kier alpha value is -1.64. The molecule has 0 aromatic carbocycles. The van der Waals surface area contributed by atoms with Gasteiger partial charge in [0.25, 0.3) is 0 Å². The predicted molar refractivity (Wildman–Crippen MR) is 62.3 cm³/mol. The average molecular weight is 280 g/mol. The summed E-state index contributed by atoms with van der Waals surface area (Å²) in [4.78, 5) is 32.8. The molecule has 0 aromatic heterocycles. The molecule has 9 heteroatoms. The fourth-order valence-electron chi connectivity index (χ4n) is 1.03. The second-order valence-electron chi connectivity index (χ2n) is 3.88. The fraction of sp³-hybridized carbons (Fsp3) is 0.667. The Morgan fingerprint density at radius 3 is 2.17 bits per heavy atom. The normalized spacial score (nSPS) is 14.6. The van der Waals surface area contributed by atoms with E-state index < -0.39 is 38.9 Å². The molecule has 0 saturated heterocycles. The van der Waals surface area contributed by atoms with Crippen LogP contribution in [-0.4, -0.2) is 48.9 Å². The number of carboxylic acids is 1. The van der Waals surface area contributed by atoms with Crippen LogP contribution in [0.2, 0.25) is 0 Å². The third kappa shape index (κ3) is 5.62. The van der Waals surface area contributed by atoms with Crippen molar-refractivity contribution in [3.05, 3.63) is 0 Å². The van der Waals surface area contributed by atoms with Crippen LogP contribution in [0.3, 0.4) is 0 Å². The van der Waals surface area contributed by atoms with Crippen molar-refractivity contribution < 1.29 is 27.9 Å². The van der Waals surface area contributed by atoms with Crippen molar-refractivity contribution in [2.75, 3.05) is 6.26 Å². The van der Waals surface area contributed by atoms with Crippen LogP contribution in [0.4, 0.5) is 0 Å². The zero-order valence-corrected chi connectivity index (χ0v) is 10.9. The van der Waals surface area contributed by atoms with Crippen LogP contribution in [0, 0.1) is 0 Å². The lowest BCUT2D eigenvalue weighted by Crippen LogP contribution is -2.47. The lowest BCUT2D eigenvalue weighted by Gasteiger charge is -2.16. The molecule has 0 aliphatic carbocycles. The maximum atomic E-state index is 11.5. The van der Waals surface area contributed by atoms with E-state index >= 15 is 0 Å². The number of aliphatic carboxylic acids is 1. The number of carbonyl (C=O) groups excluding carboxylic acids is 2. The van der Waals surface area contributed by atoms with Gasteiger partial charge in [-0.25, -0.2) is 13.2 Å². The molecule has 0 saturated carbocycles. The van der Waals surface area contributed by atoms with Gasteiger partial charge in [-0.05, 0) is 13.3 Å². The molecule has 1 unspecified atom stereocenters. The number of rotatable bonds is 7. The van der Waals surface area contributed by atoms with Crippen molar-refractivity contribution in [1.82, 2.24) is 5.32 Å². The fourth-order valence-corrected chi connectivity index (χ4v) is 1.48. The second-order valence-corrected chi connectivity index (χ2v) is 6.24. The Bertz CT molecular complexity index is 444. The van der Waals surface area contributed by atoms with E-state index in [1.165, 1.54) is 0 Å². The molecule has 0 aliphatic heterocycles. The van der Waals surface area contributed by atoms with Crippen LogP contribution in [0.25, 0.3) is 0 Å². The van der Waals surface area contributed by atoms with E-state index in [1.807, 2.05) is 0 Å². The third-order valence-corrected chi connectivity index (χ3v) is 3.80. The SMILES string of the molecule is CC(C(=O)N[C@@H](CCC(N)=O)C(=O)O)S(C)(=O)=O. The number of carbonyl (C=O) groups is 3. The van der Waals surface area contributed by atoms with Crippen LogP contribution in [-0.2, 0) is 24.2 Å². The Kier molecular flexibility index (Phi) is 5.76. The van der Waals surface area contributed by atoms with E-state index in [2.05, 4.69) is 5.32 Å². The zero-order valence-electron chi connectivity index (χ0n) is 10.0. The summed E-state index contributed by atoms with van der Waals surface area (Å²) in [5.74, 6) is -2.98. The first-order valence-electron chi connectivity index (χ1n) is 5.06. The first kappa shape index (κ1) is 16.4. The number of amides is 2. The van der Waals surface area contributed by atoms with Crippen LogP contribution < -0.4 is 11.1 Å². The summed E-state index contributed by atoms with van der Waals surface area (Å²) < 4.78 is 22.2. The van der Waals surface area contributed by atoms with Crippen molar-refractivity contribution in [1.29, 1.82) is 0 Å². The van der Waals surface area contributed by atoms with Gasteiger partial charge in [0.05, 0.1) is 0 Å². The smallest absolute Gasteiger partial charge is 0.326 e. The van der Waals surface area contributed by atoms with Gasteiger partial charge in [-0.1, -0.05) is 0 Å². The molecule has 4 N–H and O–H groups in total. The highest BCUT2D eigenvalue weighted by Gasteiger charge is 2.28. The number of carboxylic acid groups (broad SMARTS) is 1. The number of hydrogen-bond acceptors (Lipinski definition) is 5. The summed E-state index contributed by atoms with van der Waals surface area (Å²) in [6.45, 7) is 1.15. The molecule has 0 spiro atoms. The van der Waals surface area contributed by atoms with Gasteiger partial charge in [-0.3, -0.25) is 9.59 Å². The van der Waals surface area contributed by atoms with Gasteiger partial charge in [0.1, 0.15) is 11.3 Å². The number of nitrogens with one attached hydrogen (secondary N) is 1. The zero-order chi connectivity index (χ0) is 14.5. The van der Waals surface area contributed by atoms with Crippen molar-refractivity contribution in [3.8, 4) is 0 Å². The van der Waals surface area contributed by atoms with Gasteiger partial charge < -0.3 is 16.2 Å². The minimum absolute atomic E-state index is 0.188. The topological polar surface area (TPSA) is 144 Å². The van der Waals surface area contributed by atoms with E-state index in [1.54, 1.807) is 0 Å². The van der Waals surface area contributed by atoms with E-state index in [-0.39, 0.29) is 12.8 Å². The summed E-state index contributed by atoms with van der Waals surface area (Å²) in [5, 5.41) is 9.50. The summed E-state index contributed by atoms with van der Waals surface area (Å²) in [5.41, 5.74) is 4.86. The maximum absolute atomic E-state index is 11.5. The molecule has 0 radical (unpaired) electrons. The molecule has 18 heavy (non-hydrogen) atoms. The van der Waals surface area contributed by atoms with E-state index in [0.717, 1.165) is 13.2 Å². The maximum Gasteiger partial charge on any atom is 0.326 e. The Labute approximate surface area is 104 Å². The monoisotopic (exact) mass is 280 g/mol. The molecular formula is C9H16N2O6S. The summed E-state index contributed by atoms with van der Waals surface area (Å²) in [6, 6.07) is -1.34. The molecule has 2 amide bonds. The van der Waals surface area contributed by atoms with Crippen LogP contribution in [0.15, 0.2) is 0 Å². The van der Waals surface area contributed by atoms with Gasteiger partial charge in [0.2, 0.25) is 11.8 Å². The lowest BCUT2D eigenvalue weighted by atomic mass is 10.1. The van der Waals surface area contributed by atoms with Gasteiger partial charge >= 0.3 is 5.97 Å². The molecule has 0 heterocycles. The van der Waals surface area contributed by atoms with Crippen LogP contribution >= 0.6 is 0 Å². The Balaban J connectivity index is 4.65. The van der Waals surface area contributed by atoms with Crippen LogP contribution in [0.5, 0.6) is 0 Å². The van der Waals surface area contributed by atoms with E-state index in [4.69, 9.17) is 10.8 Å². The van der Waals surface area contributed by atoms with E-state index in [0.29, 0.717) is 0 Å². The molecule has 0 aromatic rings. The third-order valence-electron chi connectivity index (χ3n) is 2.31. The van der Waals surface area contributed by atoms with Gasteiger partial charge in [-0.2, -0.15) is 0 Å². The number of nitrogens with two attached hydrogens (primary N) is 1. The van der Waals surface area contributed by atoms with Crippen molar-refractivity contribution in [2.24, 2.45) is 5.73 Å². The van der Waals surface area contributed by atoms with Gasteiger partial charge in [-0.15, -0.1) is 0 Å². The van der Waals surface area contributed by atoms with Crippen molar-refractivity contribution >= 4 is 27.6 Å². The summed E-state index contributed by atoms with van der Waals surface area (Å²) in [7, 11) is -3.60. The summed E-state index contributed by atoms with van der Waals surface area (Å²) >= 11 is 0. The Morgan fingerprint density at radius 2 is 1.83 bits per heavy atom. The second kappa shape index (κ2) is 6.34. The van der Waals surface area contributed by atoms with Crippen molar-refractivity contribution in [2.45, 2.75) is 31.1 Å². The van der Waals surface area contributed by atoms with Crippen molar-refractivity contribution in [3.63, 3.8) is 0 Å². The number of hydrogen-bond donors (Lipinski definition) is 3. The number of sulfone groups is 1. The molecular weight excluding hydrogens is 264 g/mol. The quantitative estimate of drug-likeness (QED) is 0.504.